The Morgan fingerprint density at radius 1 is 1.17 bits per heavy atom. The van der Waals surface area contributed by atoms with Crippen LogP contribution in [-0.2, 0) is 22.4 Å². The van der Waals surface area contributed by atoms with Crippen LogP contribution in [0.25, 0.3) is 0 Å². The van der Waals surface area contributed by atoms with Crippen LogP contribution in [0.5, 0.6) is 0 Å². The summed E-state index contributed by atoms with van der Waals surface area (Å²) in [5, 5.41) is 23.1. The molecule has 0 saturated heterocycles. The number of aryl methyl sites for hydroxylation is 1. The van der Waals surface area contributed by atoms with Gasteiger partial charge in [-0.05, 0) is 49.7 Å². The molecule has 1 amide bonds. The predicted molar refractivity (Wildman–Crippen MR) is 142 cm³/mol. The zero-order chi connectivity index (χ0) is 26.2. The number of fused-ring (bicyclic) bond motifs is 1. The number of carbonyl (C=O) groups is 2. The van der Waals surface area contributed by atoms with E-state index in [-0.39, 0.29) is 36.2 Å². The summed E-state index contributed by atoms with van der Waals surface area (Å²) in [4.78, 5) is 31.0. The number of thioether (sulfide) groups is 1. The van der Waals surface area contributed by atoms with Crippen LogP contribution >= 0.6 is 23.1 Å². The molecule has 0 bridgehead atoms. The number of nitrogens with zero attached hydrogens (tertiary/aromatic N) is 3. The van der Waals surface area contributed by atoms with Crippen molar-refractivity contribution in [2.45, 2.75) is 76.7 Å². The van der Waals surface area contributed by atoms with Crippen molar-refractivity contribution in [3.05, 3.63) is 32.7 Å². The van der Waals surface area contributed by atoms with Gasteiger partial charge in [0.1, 0.15) is 28.0 Å². The third-order valence-corrected chi connectivity index (χ3v) is 8.19. The summed E-state index contributed by atoms with van der Waals surface area (Å²) in [7, 11) is 0. The number of rotatable bonds is 8. The number of esters is 1. The van der Waals surface area contributed by atoms with E-state index >= 15 is 0 Å². The number of nitrogens with two attached hydrogens (primary N) is 1. The van der Waals surface area contributed by atoms with Crippen LogP contribution in [0.3, 0.4) is 0 Å². The number of hydrogen-bond acceptors (Lipinski definition) is 9. The van der Waals surface area contributed by atoms with E-state index in [2.05, 4.69) is 22.4 Å². The number of hydrogen-bond donors (Lipinski definition) is 2. The van der Waals surface area contributed by atoms with Crippen molar-refractivity contribution in [3.63, 3.8) is 0 Å². The first kappa shape index (κ1) is 27.5. The molecule has 10 heteroatoms. The van der Waals surface area contributed by atoms with Gasteiger partial charge in [-0.25, -0.2) is 9.78 Å². The van der Waals surface area contributed by atoms with Gasteiger partial charge < -0.3 is 15.8 Å². The molecule has 0 aromatic carbocycles. The Bertz CT molecular complexity index is 1220. The number of amides is 1. The Balaban J connectivity index is 1.76. The van der Waals surface area contributed by atoms with Gasteiger partial charge >= 0.3 is 5.97 Å². The maximum absolute atomic E-state index is 12.9. The fourth-order valence-electron chi connectivity index (χ4n) is 4.36. The SMILES string of the molecule is CCOC(=O)c1c(NC(=O)CCSc2nc(N)c(C#N)c(C(C)C)c2C#N)sc2c1CCCCCC2. The summed E-state index contributed by atoms with van der Waals surface area (Å²) < 4.78 is 5.31. The lowest BCUT2D eigenvalue weighted by Gasteiger charge is -2.15. The standard InChI is InChI=1S/C26H31N5O3S2/c1-4-34-26(33)22-16-9-7-5-6-8-10-19(16)36-25(22)30-20(32)11-12-35-24-18(14-28)21(15(2)3)17(13-27)23(29)31-24/h15H,4-12H2,1-3H3,(H2,29,31)(H,30,32). The number of ether oxygens (including phenoxy) is 1. The van der Waals surface area contributed by atoms with E-state index in [1.807, 2.05) is 13.8 Å². The molecule has 1 aliphatic rings. The first-order valence-electron chi connectivity index (χ1n) is 12.2. The molecule has 0 atom stereocenters. The number of nitrogen functional groups attached to an aromatic ring is 1. The molecule has 0 spiro atoms. The Morgan fingerprint density at radius 2 is 1.86 bits per heavy atom. The molecule has 190 valence electrons. The van der Waals surface area contributed by atoms with Crippen molar-refractivity contribution in [2.75, 3.05) is 23.4 Å². The van der Waals surface area contributed by atoms with E-state index in [0.717, 1.165) is 42.5 Å². The van der Waals surface area contributed by atoms with Crippen molar-refractivity contribution in [1.29, 1.82) is 10.5 Å². The van der Waals surface area contributed by atoms with Gasteiger partial charge in [0.15, 0.2) is 0 Å². The van der Waals surface area contributed by atoms with Crippen molar-refractivity contribution >= 4 is 45.8 Å². The molecule has 2 heterocycles. The molecule has 1 aliphatic carbocycles. The van der Waals surface area contributed by atoms with Gasteiger partial charge in [-0.15, -0.1) is 23.1 Å². The number of anilines is 2. The minimum absolute atomic E-state index is 0.0817. The average Bonchev–Trinajstić information content (AvgIpc) is 3.14. The van der Waals surface area contributed by atoms with Crippen LogP contribution in [0.15, 0.2) is 5.03 Å². The molecule has 3 N–H and O–H groups in total. The van der Waals surface area contributed by atoms with E-state index < -0.39 is 5.97 Å². The molecular formula is C26H31N5O3S2. The number of thiophene rings is 1. The zero-order valence-electron chi connectivity index (χ0n) is 20.9. The minimum Gasteiger partial charge on any atom is -0.462 e. The van der Waals surface area contributed by atoms with Crippen LogP contribution < -0.4 is 11.1 Å². The van der Waals surface area contributed by atoms with E-state index in [4.69, 9.17) is 10.5 Å². The first-order valence-corrected chi connectivity index (χ1v) is 14.0. The van der Waals surface area contributed by atoms with Gasteiger partial charge in [-0.1, -0.05) is 26.7 Å². The normalized spacial score (nSPS) is 13.2. The highest BCUT2D eigenvalue weighted by molar-refractivity contribution is 7.99. The molecule has 36 heavy (non-hydrogen) atoms. The second kappa shape index (κ2) is 12.8. The number of aromatic nitrogens is 1. The van der Waals surface area contributed by atoms with Gasteiger partial charge in [0.25, 0.3) is 0 Å². The van der Waals surface area contributed by atoms with Gasteiger partial charge in [-0.2, -0.15) is 10.5 Å². The molecule has 0 saturated carbocycles. The number of nitriles is 2. The quantitative estimate of drug-likeness (QED) is 0.337. The summed E-state index contributed by atoms with van der Waals surface area (Å²) in [6.07, 6.45) is 6.25. The van der Waals surface area contributed by atoms with Crippen molar-refractivity contribution in [1.82, 2.24) is 4.98 Å². The van der Waals surface area contributed by atoms with Gasteiger partial charge in [0.2, 0.25) is 5.91 Å². The topological polar surface area (TPSA) is 142 Å². The van der Waals surface area contributed by atoms with Crippen LogP contribution in [0, 0.1) is 22.7 Å². The second-order valence-electron chi connectivity index (χ2n) is 8.83. The first-order chi connectivity index (χ1) is 17.3. The molecule has 0 radical (unpaired) electrons. The molecule has 2 aromatic rings. The molecule has 0 fully saturated rings. The lowest BCUT2D eigenvalue weighted by Crippen LogP contribution is -2.16. The monoisotopic (exact) mass is 525 g/mol. The number of nitrogens with one attached hydrogen (secondary N) is 1. The summed E-state index contributed by atoms with van der Waals surface area (Å²) >= 11 is 2.73. The molecule has 0 aliphatic heterocycles. The highest BCUT2D eigenvalue weighted by atomic mass is 32.2. The number of carbonyl (C=O) groups excluding carboxylic acids is 2. The van der Waals surface area contributed by atoms with E-state index in [1.54, 1.807) is 6.92 Å². The molecule has 8 nitrogen and oxygen atoms in total. The highest BCUT2D eigenvalue weighted by Gasteiger charge is 2.26. The summed E-state index contributed by atoms with van der Waals surface area (Å²) in [6.45, 7) is 5.83. The fraction of sp³-hybridized carbons (Fsp3) is 0.500. The molecule has 0 unspecified atom stereocenters. The minimum atomic E-state index is -0.391. The molecular weight excluding hydrogens is 494 g/mol. The molecule has 2 aromatic heterocycles. The molecule has 3 rings (SSSR count). The largest absolute Gasteiger partial charge is 0.462 e. The van der Waals surface area contributed by atoms with Gasteiger partial charge in [0, 0.05) is 17.1 Å². The third-order valence-electron chi connectivity index (χ3n) is 6.00. The van der Waals surface area contributed by atoms with Gasteiger partial charge in [-0.3, -0.25) is 4.79 Å². The highest BCUT2D eigenvalue weighted by Crippen LogP contribution is 2.38. The van der Waals surface area contributed by atoms with E-state index in [1.165, 1.54) is 29.5 Å². The van der Waals surface area contributed by atoms with Crippen molar-refractivity contribution in [2.24, 2.45) is 0 Å². The maximum atomic E-state index is 12.9. The van der Waals surface area contributed by atoms with Crippen LogP contribution in [-0.4, -0.2) is 29.2 Å². The Kier molecular flexibility index (Phi) is 9.74. The summed E-state index contributed by atoms with van der Waals surface area (Å²) in [5.74, 6) is -0.260. The Hall–Kier alpha value is -3.08. The van der Waals surface area contributed by atoms with Crippen LogP contribution in [0.1, 0.15) is 96.3 Å². The predicted octanol–water partition coefficient (Wildman–Crippen LogP) is 5.55. The summed E-state index contributed by atoms with van der Waals surface area (Å²) in [5.41, 5.74) is 8.62. The Morgan fingerprint density at radius 3 is 2.50 bits per heavy atom. The average molecular weight is 526 g/mol. The fourth-order valence-corrected chi connectivity index (χ4v) is 6.60. The Labute approximate surface area is 220 Å². The second-order valence-corrected chi connectivity index (χ2v) is 11.0. The van der Waals surface area contributed by atoms with E-state index in [0.29, 0.717) is 32.5 Å². The van der Waals surface area contributed by atoms with Crippen molar-refractivity contribution in [3.8, 4) is 12.1 Å². The zero-order valence-corrected chi connectivity index (χ0v) is 22.5. The smallest absolute Gasteiger partial charge is 0.341 e. The summed E-state index contributed by atoms with van der Waals surface area (Å²) in [6, 6.07) is 4.21. The van der Waals surface area contributed by atoms with E-state index in [9.17, 15) is 20.1 Å². The van der Waals surface area contributed by atoms with Gasteiger partial charge in [0.05, 0.1) is 23.3 Å². The van der Waals surface area contributed by atoms with Crippen LogP contribution in [0.2, 0.25) is 0 Å². The lowest BCUT2D eigenvalue weighted by atomic mass is 9.94. The van der Waals surface area contributed by atoms with Crippen LogP contribution in [0.4, 0.5) is 10.8 Å². The third kappa shape index (κ3) is 6.18. The number of pyridine rings is 1. The lowest BCUT2D eigenvalue weighted by molar-refractivity contribution is -0.115. The maximum Gasteiger partial charge on any atom is 0.341 e. The van der Waals surface area contributed by atoms with Crippen molar-refractivity contribution < 1.29 is 14.3 Å².